The van der Waals surface area contributed by atoms with Gasteiger partial charge in [-0.05, 0) is 67.5 Å². The van der Waals surface area contributed by atoms with Gasteiger partial charge >= 0.3 is 0 Å². The topological polar surface area (TPSA) is 46.6 Å². The lowest BCUT2D eigenvalue weighted by Crippen LogP contribution is -2.36. The summed E-state index contributed by atoms with van der Waals surface area (Å²) in [5.41, 5.74) is 3.18. The maximum absolute atomic E-state index is 13.5. The van der Waals surface area contributed by atoms with Crippen LogP contribution in [0.2, 0.25) is 0 Å². The fraction of sp³-hybridized carbons (Fsp3) is 0.400. The van der Waals surface area contributed by atoms with Crippen molar-refractivity contribution >= 4 is 10.0 Å². The summed E-state index contributed by atoms with van der Waals surface area (Å²) in [6.45, 7) is 1.84. The largest absolute Gasteiger partial charge is 0.497 e. The van der Waals surface area contributed by atoms with Crippen molar-refractivity contribution in [2.45, 2.75) is 49.6 Å². The molecule has 2 aliphatic rings. The van der Waals surface area contributed by atoms with E-state index in [9.17, 15) is 8.42 Å². The Hall–Kier alpha value is -1.85. The van der Waals surface area contributed by atoms with Crippen LogP contribution in [0.3, 0.4) is 0 Å². The molecule has 0 aromatic heterocycles. The Balaban J connectivity index is 1.77. The van der Waals surface area contributed by atoms with Crippen LogP contribution in [0, 0.1) is 6.92 Å². The summed E-state index contributed by atoms with van der Waals surface area (Å²) >= 11 is 0. The lowest BCUT2D eigenvalue weighted by Gasteiger charge is -2.29. The van der Waals surface area contributed by atoms with Crippen molar-refractivity contribution in [1.82, 2.24) is 4.31 Å². The van der Waals surface area contributed by atoms with Gasteiger partial charge in [-0.2, -0.15) is 4.31 Å². The standard InChI is InChI=1S/C20H23NO3S/c1-14-13-17(24-2)10-12-20(14)25(22,23)21(16-8-9-16)19-11-7-15-5-3-4-6-18(15)19/h3-6,10,12-13,16,19H,7-9,11H2,1-2H3. The molecule has 0 aliphatic heterocycles. The lowest BCUT2D eigenvalue weighted by molar-refractivity contribution is 0.314. The summed E-state index contributed by atoms with van der Waals surface area (Å²) in [6.07, 6.45) is 3.71. The van der Waals surface area contributed by atoms with Gasteiger partial charge in [0.05, 0.1) is 18.0 Å². The Bertz CT molecular complexity index is 903. The molecular formula is C20H23NO3S. The van der Waals surface area contributed by atoms with E-state index in [4.69, 9.17) is 4.74 Å². The Morgan fingerprint density at radius 3 is 2.52 bits per heavy atom. The molecule has 1 fully saturated rings. The molecule has 4 rings (SSSR count). The van der Waals surface area contributed by atoms with Crippen LogP contribution in [0.5, 0.6) is 5.75 Å². The minimum absolute atomic E-state index is 0.0461. The summed E-state index contributed by atoms with van der Waals surface area (Å²) in [4.78, 5) is 0.393. The Morgan fingerprint density at radius 2 is 1.84 bits per heavy atom. The van der Waals surface area contributed by atoms with Gasteiger partial charge in [-0.1, -0.05) is 24.3 Å². The quantitative estimate of drug-likeness (QED) is 0.817. The first-order valence-corrected chi connectivity index (χ1v) is 10.2. The van der Waals surface area contributed by atoms with Gasteiger partial charge in [0.1, 0.15) is 5.75 Å². The number of rotatable bonds is 5. The predicted octanol–water partition coefficient (Wildman–Crippen LogP) is 3.84. The molecule has 0 bridgehead atoms. The van der Waals surface area contributed by atoms with Crippen molar-refractivity contribution < 1.29 is 13.2 Å². The van der Waals surface area contributed by atoms with Crippen LogP contribution >= 0.6 is 0 Å². The van der Waals surface area contributed by atoms with Crippen LogP contribution in [0.4, 0.5) is 0 Å². The zero-order chi connectivity index (χ0) is 17.6. The second-order valence-corrected chi connectivity index (χ2v) is 8.76. The monoisotopic (exact) mass is 357 g/mol. The SMILES string of the molecule is COc1ccc(S(=O)(=O)N(C2CC2)C2CCc3ccccc32)c(C)c1. The first kappa shape index (κ1) is 16.6. The van der Waals surface area contributed by atoms with E-state index in [-0.39, 0.29) is 12.1 Å². The molecule has 0 N–H and O–H groups in total. The van der Waals surface area contributed by atoms with Crippen molar-refractivity contribution in [3.63, 3.8) is 0 Å². The summed E-state index contributed by atoms with van der Waals surface area (Å²) in [5, 5.41) is 0. The molecule has 2 aromatic rings. The van der Waals surface area contributed by atoms with Gasteiger partial charge in [0, 0.05) is 6.04 Å². The number of hydrogen-bond acceptors (Lipinski definition) is 3. The number of fused-ring (bicyclic) bond motifs is 1. The molecule has 132 valence electrons. The number of benzene rings is 2. The van der Waals surface area contributed by atoms with Crippen molar-refractivity contribution in [1.29, 1.82) is 0 Å². The van der Waals surface area contributed by atoms with E-state index in [1.165, 1.54) is 11.1 Å². The van der Waals surface area contributed by atoms with Crippen molar-refractivity contribution in [3.8, 4) is 5.75 Å². The fourth-order valence-electron chi connectivity index (χ4n) is 3.90. The molecule has 25 heavy (non-hydrogen) atoms. The van der Waals surface area contributed by atoms with E-state index in [0.717, 1.165) is 31.2 Å². The molecule has 0 radical (unpaired) electrons. The third-order valence-electron chi connectivity index (χ3n) is 5.25. The van der Waals surface area contributed by atoms with E-state index in [2.05, 4.69) is 12.1 Å². The molecule has 4 nitrogen and oxygen atoms in total. The molecule has 2 aliphatic carbocycles. The maximum atomic E-state index is 13.5. The van der Waals surface area contributed by atoms with Crippen molar-refractivity contribution in [2.75, 3.05) is 7.11 Å². The van der Waals surface area contributed by atoms with E-state index in [1.54, 1.807) is 29.6 Å². The highest BCUT2D eigenvalue weighted by Crippen LogP contribution is 2.45. The van der Waals surface area contributed by atoms with E-state index >= 15 is 0 Å². The molecule has 1 saturated carbocycles. The zero-order valence-electron chi connectivity index (χ0n) is 14.6. The average Bonchev–Trinajstić information content (AvgIpc) is 3.34. The number of ether oxygens (including phenoxy) is 1. The first-order chi connectivity index (χ1) is 12.0. The first-order valence-electron chi connectivity index (χ1n) is 8.78. The number of nitrogens with zero attached hydrogens (tertiary/aromatic N) is 1. The Kier molecular flexibility index (Phi) is 4.08. The normalized spacial score (nSPS) is 19.9. The summed E-state index contributed by atoms with van der Waals surface area (Å²) in [6, 6.07) is 13.5. The van der Waals surface area contributed by atoms with Gasteiger partial charge in [-0.3, -0.25) is 0 Å². The average molecular weight is 357 g/mol. The minimum Gasteiger partial charge on any atom is -0.497 e. The fourth-order valence-corrected chi connectivity index (χ4v) is 5.99. The van der Waals surface area contributed by atoms with Crippen LogP contribution in [-0.2, 0) is 16.4 Å². The third-order valence-corrected chi connectivity index (χ3v) is 7.37. The van der Waals surface area contributed by atoms with E-state index in [1.807, 2.05) is 19.1 Å². The summed E-state index contributed by atoms with van der Waals surface area (Å²) < 4.78 is 34.0. The number of aryl methyl sites for hydroxylation is 2. The highest BCUT2D eigenvalue weighted by molar-refractivity contribution is 7.89. The van der Waals surface area contributed by atoms with Crippen LogP contribution in [0.25, 0.3) is 0 Å². The maximum Gasteiger partial charge on any atom is 0.244 e. The molecule has 2 aromatic carbocycles. The van der Waals surface area contributed by atoms with Gasteiger partial charge in [0.25, 0.3) is 0 Å². The van der Waals surface area contributed by atoms with Gasteiger partial charge in [-0.25, -0.2) is 8.42 Å². The summed E-state index contributed by atoms with van der Waals surface area (Å²) in [5.74, 6) is 0.681. The molecular weight excluding hydrogens is 334 g/mol. The number of hydrogen-bond donors (Lipinski definition) is 0. The molecule has 0 spiro atoms. The highest BCUT2D eigenvalue weighted by Gasteiger charge is 2.45. The number of methoxy groups -OCH3 is 1. The van der Waals surface area contributed by atoms with Crippen LogP contribution < -0.4 is 4.74 Å². The van der Waals surface area contributed by atoms with Gasteiger partial charge in [-0.15, -0.1) is 0 Å². The van der Waals surface area contributed by atoms with Crippen molar-refractivity contribution in [3.05, 3.63) is 59.2 Å². The van der Waals surface area contributed by atoms with Crippen molar-refractivity contribution in [2.24, 2.45) is 0 Å². The second kappa shape index (κ2) is 6.15. The third kappa shape index (κ3) is 2.85. The molecule has 0 amide bonds. The van der Waals surface area contributed by atoms with Crippen LogP contribution in [0.1, 0.15) is 42.0 Å². The van der Waals surface area contributed by atoms with Crippen LogP contribution in [0.15, 0.2) is 47.4 Å². The van der Waals surface area contributed by atoms with Crippen LogP contribution in [-0.4, -0.2) is 25.9 Å². The highest BCUT2D eigenvalue weighted by atomic mass is 32.2. The molecule has 5 heteroatoms. The van der Waals surface area contributed by atoms with E-state index in [0.29, 0.717) is 10.6 Å². The van der Waals surface area contributed by atoms with E-state index < -0.39 is 10.0 Å². The summed E-state index contributed by atoms with van der Waals surface area (Å²) in [7, 11) is -1.95. The number of sulfonamides is 1. The Labute approximate surface area is 149 Å². The van der Waals surface area contributed by atoms with Gasteiger partial charge in [0.2, 0.25) is 10.0 Å². The molecule has 0 heterocycles. The Morgan fingerprint density at radius 1 is 1.08 bits per heavy atom. The lowest BCUT2D eigenvalue weighted by atomic mass is 10.1. The second-order valence-electron chi connectivity index (χ2n) is 6.95. The zero-order valence-corrected chi connectivity index (χ0v) is 15.4. The van der Waals surface area contributed by atoms with Gasteiger partial charge < -0.3 is 4.74 Å². The molecule has 0 saturated heterocycles. The predicted molar refractivity (Wildman–Crippen MR) is 97.3 cm³/mol. The minimum atomic E-state index is -3.54. The van der Waals surface area contributed by atoms with Gasteiger partial charge in [0.15, 0.2) is 0 Å². The molecule has 1 unspecified atom stereocenters. The molecule has 1 atom stereocenters. The smallest absolute Gasteiger partial charge is 0.244 e.